The van der Waals surface area contributed by atoms with E-state index in [1.807, 2.05) is 32.1 Å². The van der Waals surface area contributed by atoms with Gasteiger partial charge in [-0.2, -0.15) is 0 Å². The molecule has 1 atom stereocenters. The Morgan fingerprint density at radius 1 is 1.60 bits per heavy atom. The minimum absolute atomic E-state index is 0. The van der Waals surface area contributed by atoms with E-state index in [0.717, 1.165) is 12.0 Å². The van der Waals surface area contributed by atoms with E-state index in [9.17, 15) is 5.11 Å². The van der Waals surface area contributed by atoms with Gasteiger partial charge in [-0.25, -0.2) is 0 Å². The van der Waals surface area contributed by atoms with Crippen molar-refractivity contribution in [3.8, 4) is 0 Å². The van der Waals surface area contributed by atoms with Gasteiger partial charge in [0.25, 0.3) is 0 Å². The Kier molecular flexibility index (Phi) is 3.89. The summed E-state index contributed by atoms with van der Waals surface area (Å²) in [4.78, 5) is 0. The van der Waals surface area contributed by atoms with Crippen LogP contribution in [-0.2, 0) is 0 Å². The van der Waals surface area contributed by atoms with E-state index in [1.165, 1.54) is 0 Å². The van der Waals surface area contributed by atoms with Crippen molar-refractivity contribution in [2.45, 2.75) is 25.9 Å². The molecule has 0 amide bonds. The predicted molar refractivity (Wildman–Crippen MR) is 43.9 cm³/mol. The summed E-state index contributed by atoms with van der Waals surface area (Å²) >= 11 is 0. The quantitative estimate of drug-likeness (QED) is 0.511. The predicted octanol–water partition coefficient (Wildman–Crippen LogP) is 1.26. The van der Waals surface area contributed by atoms with Crippen molar-refractivity contribution in [1.29, 1.82) is 0 Å². The van der Waals surface area contributed by atoms with E-state index in [0.29, 0.717) is 0 Å². The average Bonchev–Trinajstić information content (AvgIpc) is 1.77. The van der Waals surface area contributed by atoms with Gasteiger partial charge in [0.05, 0.1) is 5.60 Å². The van der Waals surface area contributed by atoms with Crippen LogP contribution in [0.25, 0.3) is 0 Å². The van der Waals surface area contributed by atoms with E-state index in [4.69, 9.17) is 0 Å². The van der Waals surface area contributed by atoms with Crippen LogP contribution in [0.4, 0.5) is 0 Å². The first kappa shape index (κ1) is 10.4. The molecule has 0 heterocycles. The van der Waals surface area contributed by atoms with Crippen molar-refractivity contribution in [3.63, 3.8) is 0 Å². The van der Waals surface area contributed by atoms with Crippen molar-refractivity contribution >= 4 is 29.6 Å². The Balaban J connectivity index is 0.000000810. The van der Waals surface area contributed by atoms with Gasteiger partial charge in [-0.15, -0.1) is 0 Å². The molecule has 1 rings (SSSR count). The summed E-state index contributed by atoms with van der Waals surface area (Å²) in [6.07, 6.45) is 6.65. The van der Waals surface area contributed by atoms with Crippen LogP contribution in [0, 0.1) is 0 Å². The van der Waals surface area contributed by atoms with Crippen LogP contribution in [0.1, 0.15) is 20.3 Å². The van der Waals surface area contributed by atoms with Crippen molar-refractivity contribution in [1.82, 2.24) is 0 Å². The van der Waals surface area contributed by atoms with Crippen molar-refractivity contribution < 1.29 is 5.11 Å². The maximum atomic E-state index is 9.52. The molecule has 0 aromatic rings. The van der Waals surface area contributed by atoms with E-state index >= 15 is 0 Å². The maximum absolute atomic E-state index is 9.52. The number of hydrogen-bond acceptors (Lipinski definition) is 1. The first-order valence-corrected chi connectivity index (χ1v) is 3.19. The molecule has 1 aliphatic rings. The molecule has 0 aliphatic heterocycles. The fourth-order valence-corrected chi connectivity index (χ4v) is 0.850. The summed E-state index contributed by atoms with van der Waals surface area (Å²) in [6, 6.07) is 0. The number of allylic oxidation sites excluding steroid dienone is 2. The van der Waals surface area contributed by atoms with Crippen LogP contribution in [0.3, 0.4) is 0 Å². The topological polar surface area (TPSA) is 20.2 Å². The monoisotopic (exact) mass is 147 g/mol. The standard InChI is InChI=1S/C8H12O.Na/c1-7-5-3-4-6-8(7,2)9;/h3-5,9H,6H2,1-2H3;. The van der Waals surface area contributed by atoms with Gasteiger partial charge >= 0.3 is 0 Å². The molecule has 0 fully saturated rings. The Bertz CT molecular complexity index is 168. The van der Waals surface area contributed by atoms with Gasteiger partial charge in [-0.3, -0.25) is 0 Å². The molecule has 0 bridgehead atoms. The second kappa shape index (κ2) is 3.72. The summed E-state index contributed by atoms with van der Waals surface area (Å²) in [6.45, 7) is 3.78. The van der Waals surface area contributed by atoms with Crippen LogP contribution >= 0.6 is 0 Å². The molecule has 1 nitrogen and oxygen atoms in total. The van der Waals surface area contributed by atoms with Gasteiger partial charge in [0.1, 0.15) is 0 Å². The Morgan fingerprint density at radius 3 is 2.50 bits per heavy atom. The van der Waals surface area contributed by atoms with E-state index in [1.54, 1.807) is 0 Å². The second-order valence-electron chi connectivity index (χ2n) is 2.76. The van der Waals surface area contributed by atoms with Gasteiger partial charge in [0, 0.05) is 29.6 Å². The minimum atomic E-state index is -0.589. The number of hydrogen-bond donors (Lipinski definition) is 1. The van der Waals surface area contributed by atoms with Crippen molar-refractivity contribution in [2.75, 3.05) is 0 Å². The fourth-order valence-electron chi connectivity index (χ4n) is 0.850. The molecule has 1 radical (unpaired) electrons. The van der Waals surface area contributed by atoms with Crippen LogP contribution in [0.5, 0.6) is 0 Å². The molecule has 0 saturated heterocycles. The van der Waals surface area contributed by atoms with Crippen LogP contribution < -0.4 is 0 Å². The third-order valence-electron chi connectivity index (χ3n) is 1.85. The van der Waals surface area contributed by atoms with Gasteiger partial charge in [-0.1, -0.05) is 18.2 Å². The summed E-state index contributed by atoms with van der Waals surface area (Å²) in [7, 11) is 0. The molecule has 0 aromatic carbocycles. The smallest absolute Gasteiger partial charge is 0.0863 e. The molecule has 0 saturated carbocycles. The SMILES string of the molecule is CC1=CC=CCC1(C)O.[Na]. The Hall–Kier alpha value is 0.440. The zero-order valence-corrected chi connectivity index (χ0v) is 8.89. The second-order valence-corrected chi connectivity index (χ2v) is 2.76. The Morgan fingerprint density at radius 2 is 2.20 bits per heavy atom. The first-order valence-electron chi connectivity index (χ1n) is 3.19. The molecule has 2 heteroatoms. The summed E-state index contributed by atoms with van der Waals surface area (Å²) < 4.78 is 0. The third-order valence-corrected chi connectivity index (χ3v) is 1.85. The molecular weight excluding hydrogens is 135 g/mol. The largest absolute Gasteiger partial charge is 0.385 e. The maximum Gasteiger partial charge on any atom is 0.0863 e. The van der Waals surface area contributed by atoms with E-state index in [2.05, 4.69) is 0 Å². The summed E-state index contributed by atoms with van der Waals surface area (Å²) in [5, 5.41) is 9.52. The normalized spacial score (nSPS) is 30.9. The van der Waals surface area contributed by atoms with Gasteiger partial charge in [0.2, 0.25) is 0 Å². The Labute approximate surface area is 84.1 Å². The van der Waals surface area contributed by atoms with Crippen molar-refractivity contribution in [3.05, 3.63) is 23.8 Å². The average molecular weight is 147 g/mol. The van der Waals surface area contributed by atoms with Gasteiger partial charge in [0.15, 0.2) is 0 Å². The molecule has 51 valence electrons. The number of rotatable bonds is 0. The molecule has 1 N–H and O–H groups in total. The van der Waals surface area contributed by atoms with Crippen LogP contribution in [0.2, 0.25) is 0 Å². The fraction of sp³-hybridized carbons (Fsp3) is 0.500. The molecular formula is C8H12NaO. The third kappa shape index (κ3) is 2.24. The number of aliphatic hydroxyl groups is 1. The van der Waals surface area contributed by atoms with Crippen LogP contribution in [-0.4, -0.2) is 40.3 Å². The van der Waals surface area contributed by atoms with Gasteiger partial charge < -0.3 is 5.11 Å². The summed E-state index contributed by atoms with van der Waals surface area (Å²) in [5.74, 6) is 0. The first-order chi connectivity index (χ1) is 4.13. The molecule has 0 aromatic heterocycles. The molecule has 1 unspecified atom stereocenters. The van der Waals surface area contributed by atoms with Gasteiger partial charge in [-0.05, 0) is 25.8 Å². The summed E-state index contributed by atoms with van der Waals surface area (Å²) in [5.41, 5.74) is 0.458. The van der Waals surface area contributed by atoms with Crippen LogP contribution in [0.15, 0.2) is 23.8 Å². The zero-order valence-electron chi connectivity index (χ0n) is 6.89. The van der Waals surface area contributed by atoms with E-state index < -0.39 is 5.60 Å². The minimum Gasteiger partial charge on any atom is -0.385 e. The zero-order chi connectivity index (χ0) is 6.91. The molecule has 1 aliphatic carbocycles. The van der Waals surface area contributed by atoms with E-state index in [-0.39, 0.29) is 29.6 Å². The molecule has 10 heavy (non-hydrogen) atoms. The van der Waals surface area contributed by atoms with Crippen molar-refractivity contribution in [2.24, 2.45) is 0 Å². The molecule has 0 spiro atoms.